The molecule has 0 saturated heterocycles. The van der Waals surface area contributed by atoms with Gasteiger partial charge in [-0.05, 0) is 119 Å². The normalized spacial score (nSPS) is 45.7. The van der Waals surface area contributed by atoms with E-state index < -0.39 is 17.4 Å². The first kappa shape index (κ1) is 23.6. The molecule has 2 N–H and O–H groups in total. The van der Waals surface area contributed by atoms with Crippen LogP contribution in [0.2, 0.25) is 0 Å². The van der Waals surface area contributed by atoms with Crippen molar-refractivity contribution in [3.05, 3.63) is 11.6 Å². The Morgan fingerprint density at radius 1 is 1.10 bits per heavy atom. The molecule has 4 aliphatic rings. The molecule has 3 fully saturated rings. The molecule has 178 valence electrons. The molecule has 0 unspecified atom stereocenters. The molecule has 0 heterocycles. The van der Waals surface area contributed by atoms with Crippen molar-refractivity contribution in [1.82, 2.24) is 0 Å². The van der Waals surface area contributed by atoms with Gasteiger partial charge in [-0.15, -0.1) is 0 Å². The van der Waals surface area contributed by atoms with Gasteiger partial charge in [-0.1, -0.05) is 25.5 Å². The van der Waals surface area contributed by atoms with Gasteiger partial charge in [-0.2, -0.15) is 13.2 Å². The van der Waals surface area contributed by atoms with E-state index in [9.17, 15) is 23.4 Å². The van der Waals surface area contributed by atoms with Crippen LogP contribution in [-0.4, -0.2) is 27.6 Å². The molecule has 4 rings (SSSR count). The molecule has 31 heavy (non-hydrogen) atoms. The van der Waals surface area contributed by atoms with Gasteiger partial charge >= 0.3 is 6.18 Å². The summed E-state index contributed by atoms with van der Waals surface area (Å²) in [6, 6.07) is 0. The largest absolute Gasteiger partial charge is 0.416 e. The van der Waals surface area contributed by atoms with Crippen LogP contribution in [-0.2, 0) is 0 Å². The van der Waals surface area contributed by atoms with Gasteiger partial charge in [0.1, 0.15) is 0 Å². The molecule has 2 nitrogen and oxygen atoms in total. The molecule has 0 aromatic rings. The second-order valence-corrected chi connectivity index (χ2v) is 12.3. The molecule has 9 atom stereocenters. The number of allylic oxidation sites excluding steroid dienone is 1. The lowest BCUT2D eigenvalue weighted by Crippen LogP contribution is -2.48. The first-order valence-corrected chi connectivity index (χ1v) is 12.5. The highest BCUT2D eigenvalue weighted by Crippen LogP contribution is 2.65. The molecule has 0 aliphatic heterocycles. The van der Waals surface area contributed by atoms with Crippen LogP contribution < -0.4 is 0 Å². The Hall–Kier alpha value is -0.550. The predicted octanol–water partition coefficient (Wildman–Crippen LogP) is 6.66. The molecule has 0 aromatic heterocycles. The average molecular weight is 443 g/mol. The second-order valence-electron chi connectivity index (χ2n) is 12.3. The Kier molecular flexibility index (Phi) is 5.90. The topological polar surface area (TPSA) is 40.5 Å². The maximum atomic E-state index is 13.1. The van der Waals surface area contributed by atoms with Crippen molar-refractivity contribution in [3.63, 3.8) is 0 Å². The summed E-state index contributed by atoms with van der Waals surface area (Å²) in [7, 11) is 0. The zero-order valence-electron chi connectivity index (χ0n) is 19.6. The fourth-order valence-electron chi connectivity index (χ4n) is 8.29. The van der Waals surface area contributed by atoms with Crippen molar-refractivity contribution in [2.45, 2.75) is 109 Å². The van der Waals surface area contributed by atoms with Gasteiger partial charge in [0, 0.05) is 0 Å². The van der Waals surface area contributed by atoms with E-state index in [1.54, 1.807) is 0 Å². The number of rotatable bonds is 4. The summed E-state index contributed by atoms with van der Waals surface area (Å²) in [6.45, 7) is 7.40. The summed E-state index contributed by atoms with van der Waals surface area (Å²) in [4.78, 5) is 0. The van der Waals surface area contributed by atoms with E-state index in [-0.39, 0.29) is 17.8 Å². The van der Waals surface area contributed by atoms with Gasteiger partial charge in [-0.3, -0.25) is 0 Å². The molecule has 0 radical (unpaired) electrons. The van der Waals surface area contributed by atoms with Gasteiger partial charge < -0.3 is 10.2 Å². The van der Waals surface area contributed by atoms with E-state index in [0.29, 0.717) is 36.0 Å². The summed E-state index contributed by atoms with van der Waals surface area (Å²) in [5.41, 5.74) is -1.46. The third-order valence-electron chi connectivity index (χ3n) is 10.2. The Morgan fingerprint density at radius 2 is 1.81 bits per heavy atom. The number of fused-ring (bicyclic) bond motifs is 5. The van der Waals surface area contributed by atoms with Crippen LogP contribution in [0.5, 0.6) is 0 Å². The van der Waals surface area contributed by atoms with Crippen LogP contribution in [0.15, 0.2) is 11.6 Å². The van der Waals surface area contributed by atoms with E-state index in [1.165, 1.54) is 24.8 Å². The number of aliphatic hydroxyl groups is 2. The van der Waals surface area contributed by atoms with Crippen molar-refractivity contribution < 1.29 is 23.4 Å². The Balaban J connectivity index is 1.45. The van der Waals surface area contributed by atoms with Gasteiger partial charge in [0.15, 0.2) is 5.60 Å². The highest BCUT2D eigenvalue weighted by atomic mass is 19.4. The molecular formula is C26H41F3O2. The zero-order valence-corrected chi connectivity index (χ0v) is 19.6. The van der Waals surface area contributed by atoms with Crippen LogP contribution in [0.25, 0.3) is 0 Å². The zero-order chi connectivity index (χ0) is 22.8. The fraction of sp³-hybridized carbons (Fsp3) is 0.923. The molecular weight excluding hydrogens is 401 g/mol. The van der Waals surface area contributed by atoms with E-state index in [4.69, 9.17) is 0 Å². The molecule has 3 saturated carbocycles. The Labute approximate surface area is 185 Å². The fourth-order valence-corrected chi connectivity index (χ4v) is 8.29. The molecule has 0 bridgehead atoms. The molecule has 0 spiro atoms. The standard InChI is InChI=1S/C26H41F3O2/c1-16(9-14-25(4,31)26(27,28)29)21-7-8-22-20-6-5-17-15-23(2,30)12-10-18(17)19(20)11-13-24(21,22)3/h5,16,18-22,30-31H,6-15H2,1-4H3/t16-,18+,19-,20-,21-,22+,23+,24-,25+/m1/s1. The third kappa shape index (κ3) is 4.11. The lowest BCUT2D eigenvalue weighted by Gasteiger charge is -2.55. The summed E-state index contributed by atoms with van der Waals surface area (Å²) >= 11 is 0. The van der Waals surface area contributed by atoms with Crippen molar-refractivity contribution in [1.29, 1.82) is 0 Å². The second kappa shape index (κ2) is 7.75. The maximum absolute atomic E-state index is 13.1. The molecule has 5 heteroatoms. The highest BCUT2D eigenvalue weighted by molar-refractivity contribution is 5.21. The van der Waals surface area contributed by atoms with Crippen LogP contribution in [0.4, 0.5) is 13.2 Å². The quantitative estimate of drug-likeness (QED) is 0.478. The first-order chi connectivity index (χ1) is 14.3. The van der Waals surface area contributed by atoms with Crippen LogP contribution in [0, 0.1) is 40.9 Å². The lowest BCUT2D eigenvalue weighted by molar-refractivity contribution is -0.256. The van der Waals surface area contributed by atoms with E-state index in [0.717, 1.165) is 39.0 Å². The lowest BCUT2D eigenvalue weighted by atomic mass is 9.50. The van der Waals surface area contributed by atoms with Gasteiger partial charge in [0.05, 0.1) is 5.60 Å². The minimum Gasteiger partial charge on any atom is -0.390 e. The number of halogens is 3. The van der Waals surface area contributed by atoms with Gasteiger partial charge in [0.25, 0.3) is 0 Å². The monoisotopic (exact) mass is 442 g/mol. The summed E-state index contributed by atoms with van der Waals surface area (Å²) in [5, 5.41) is 20.4. The summed E-state index contributed by atoms with van der Waals surface area (Å²) in [5.74, 6) is 3.32. The number of alkyl halides is 3. The van der Waals surface area contributed by atoms with Gasteiger partial charge in [-0.25, -0.2) is 0 Å². The van der Waals surface area contributed by atoms with Crippen molar-refractivity contribution in [2.24, 2.45) is 40.9 Å². The SMILES string of the molecule is C[C@H](CC[C@](C)(O)C(F)(F)F)[C@H]1CC[C@H]2[C@@H]3CC=C4C[C@@](C)(O)CC[C@@H]4[C@H]3CC[C@]12C. The minimum absolute atomic E-state index is 0.194. The van der Waals surface area contributed by atoms with Crippen molar-refractivity contribution >= 4 is 0 Å². The van der Waals surface area contributed by atoms with Crippen LogP contribution >= 0.6 is 0 Å². The van der Waals surface area contributed by atoms with E-state index in [1.807, 2.05) is 6.92 Å². The molecule has 0 amide bonds. The van der Waals surface area contributed by atoms with Crippen LogP contribution in [0.3, 0.4) is 0 Å². The Morgan fingerprint density at radius 3 is 2.48 bits per heavy atom. The third-order valence-corrected chi connectivity index (χ3v) is 10.2. The smallest absolute Gasteiger partial charge is 0.390 e. The number of hydrogen-bond donors (Lipinski definition) is 2. The number of hydrogen-bond acceptors (Lipinski definition) is 2. The van der Waals surface area contributed by atoms with Crippen LogP contribution in [0.1, 0.15) is 91.9 Å². The van der Waals surface area contributed by atoms with Gasteiger partial charge in [0.2, 0.25) is 0 Å². The first-order valence-electron chi connectivity index (χ1n) is 12.5. The Bertz CT molecular complexity index is 710. The molecule has 4 aliphatic carbocycles. The average Bonchev–Trinajstić information content (AvgIpc) is 3.01. The molecule has 0 aromatic carbocycles. The summed E-state index contributed by atoms with van der Waals surface area (Å²) in [6.07, 6.45) is 6.67. The minimum atomic E-state index is -4.57. The van der Waals surface area contributed by atoms with Crippen molar-refractivity contribution in [3.8, 4) is 0 Å². The summed E-state index contributed by atoms with van der Waals surface area (Å²) < 4.78 is 39.3. The maximum Gasteiger partial charge on any atom is 0.416 e. The predicted molar refractivity (Wildman–Crippen MR) is 116 cm³/mol. The van der Waals surface area contributed by atoms with E-state index >= 15 is 0 Å². The highest BCUT2D eigenvalue weighted by Gasteiger charge is 2.57. The van der Waals surface area contributed by atoms with E-state index in [2.05, 4.69) is 19.9 Å². The van der Waals surface area contributed by atoms with Crippen molar-refractivity contribution in [2.75, 3.05) is 0 Å².